The fourth-order valence-corrected chi connectivity index (χ4v) is 2.36. The molecule has 0 aliphatic heterocycles. The molecule has 8 heteroatoms. The molecule has 19 heavy (non-hydrogen) atoms. The minimum atomic E-state index is -3.23. The Morgan fingerprint density at radius 1 is 1.37 bits per heavy atom. The molecule has 1 heterocycles. The number of nitrogens with one attached hydrogen (secondary N) is 2. The maximum Gasteiger partial charge on any atom is 0.239 e. The van der Waals surface area contributed by atoms with Gasteiger partial charge in [-0.15, -0.1) is 0 Å². The van der Waals surface area contributed by atoms with Crippen molar-refractivity contribution >= 4 is 21.5 Å². The van der Waals surface area contributed by atoms with E-state index >= 15 is 0 Å². The Morgan fingerprint density at radius 3 is 2.74 bits per heavy atom. The van der Waals surface area contributed by atoms with E-state index < -0.39 is 10.0 Å². The number of nitrogens with zero attached hydrogens (tertiary/aromatic N) is 1. The maximum absolute atomic E-state index is 11.4. The Morgan fingerprint density at radius 2 is 2.11 bits per heavy atom. The first-order valence-electron chi connectivity index (χ1n) is 6.09. The van der Waals surface area contributed by atoms with E-state index in [-0.39, 0.29) is 12.3 Å². The molecule has 0 aromatic carbocycles. The molecule has 4 N–H and O–H groups in total. The second kappa shape index (κ2) is 7.15. The average molecular weight is 288 g/mol. The highest BCUT2D eigenvalue weighted by atomic mass is 32.2. The molecule has 0 aliphatic rings. The number of pyridine rings is 1. The van der Waals surface area contributed by atoms with E-state index in [1.54, 1.807) is 19.1 Å². The third-order valence-corrected chi connectivity index (χ3v) is 3.68. The monoisotopic (exact) mass is 288 g/mol. The van der Waals surface area contributed by atoms with E-state index in [0.717, 1.165) is 0 Å². The van der Waals surface area contributed by atoms with Gasteiger partial charge in [-0.05, 0) is 19.1 Å². The largest absolute Gasteiger partial charge is 0.476 e. The molecule has 0 radical (unpaired) electrons. The van der Waals surface area contributed by atoms with E-state index in [2.05, 4.69) is 15.0 Å². The molecule has 1 aromatic rings. The third-order valence-electron chi connectivity index (χ3n) is 2.21. The lowest BCUT2D eigenvalue weighted by Gasteiger charge is -2.10. The Bertz CT molecular complexity index is 505. The average Bonchev–Trinajstić information content (AvgIpc) is 2.33. The minimum Gasteiger partial charge on any atom is -0.476 e. The Hall–Kier alpha value is -1.54. The van der Waals surface area contributed by atoms with E-state index in [0.29, 0.717) is 30.5 Å². The summed E-state index contributed by atoms with van der Waals surface area (Å²) in [5.41, 5.74) is 6.14. The van der Waals surface area contributed by atoms with Crippen molar-refractivity contribution in [2.45, 2.75) is 13.8 Å². The van der Waals surface area contributed by atoms with Crippen LogP contribution in [0, 0.1) is 0 Å². The molecular weight excluding hydrogens is 268 g/mol. The lowest BCUT2D eigenvalue weighted by atomic mass is 10.4. The van der Waals surface area contributed by atoms with Crippen molar-refractivity contribution in [3.05, 3.63) is 12.1 Å². The van der Waals surface area contributed by atoms with Gasteiger partial charge in [-0.25, -0.2) is 13.1 Å². The lowest BCUT2D eigenvalue weighted by Crippen LogP contribution is -2.29. The molecule has 0 unspecified atom stereocenters. The van der Waals surface area contributed by atoms with Crippen LogP contribution in [0.4, 0.5) is 11.5 Å². The van der Waals surface area contributed by atoms with Crippen LogP contribution in [0.25, 0.3) is 0 Å². The first-order chi connectivity index (χ1) is 8.98. The summed E-state index contributed by atoms with van der Waals surface area (Å²) in [6.45, 7) is 4.69. The normalized spacial score (nSPS) is 11.3. The Balaban J connectivity index is 2.56. The molecule has 0 spiro atoms. The molecule has 1 aromatic heterocycles. The molecule has 0 fully saturated rings. The third kappa shape index (κ3) is 5.31. The summed E-state index contributed by atoms with van der Waals surface area (Å²) in [5, 5.41) is 2.92. The van der Waals surface area contributed by atoms with Gasteiger partial charge in [0.25, 0.3) is 0 Å². The van der Waals surface area contributed by atoms with Gasteiger partial charge in [-0.1, -0.05) is 6.92 Å². The number of anilines is 2. The number of hydrogen-bond acceptors (Lipinski definition) is 6. The number of sulfonamides is 1. The summed E-state index contributed by atoms with van der Waals surface area (Å²) in [7, 11) is -3.23. The summed E-state index contributed by atoms with van der Waals surface area (Å²) in [4.78, 5) is 4.15. The van der Waals surface area contributed by atoms with E-state index in [1.807, 2.05) is 6.92 Å². The van der Waals surface area contributed by atoms with Crippen LogP contribution in [0.5, 0.6) is 5.88 Å². The number of nitrogen functional groups attached to an aromatic ring is 1. The van der Waals surface area contributed by atoms with Gasteiger partial charge in [0.05, 0.1) is 18.0 Å². The SMILES string of the molecule is CCNS(=O)(=O)CCNc1ccc(N)c(OCC)n1. The first-order valence-corrected chi connectivity index (χ1v) is 7.74. The van der Waals surface area contributed by atoms with Gasteiger partial charge < -0.3 is 15.8 Å². The Kier molecular flexibility index (Phi) is 5.84. The first kappa shape index (κ1) is 15.5. The van der Waals surface area contributed by atoms with Crippen molar-refractivity contribution in [3.8, 4) is 5.88 Å². The van der Waals surface area contributed by atoms with Crippen molar-refractivity contribution in [1.82, 2.24) is 9.71 Å². The molecule has 0 amide bonds. The highest BCUT2D eigenvalue weighted by Crippen LogP contribution is 2.20. The lowest BCUT2D eigenvalue weighted by molar-refractivity contribution is 0.329. The molecule has 1 rings (SSSR count). The number of rotatable bonds is 8. The molecule has 0 atom stereocenters. The predicted octanol–water partition coefficient (Wildman–Crippen LogP) is 0.414. The quantitative estimate of drug-likeness (QED) is 0.640. The predicted molar refractivity (Wildman–Crippen MR) is 75.8 cm³/mol. The van der Waals surface area contributed by atoms with Gasteiger partial charge in [-0.2, -0.15) is 4.98 Å². The molecule has 0 bridgehead atoms. The minimum absolute atomic E-state index is 0.0170. The van der Waals surface area contributed by atoms with Gasteiger partial charge in [0.2, 0.25) is 15.9 Å². The molecule has 0 saturated heterocycles. The van der Waals surface area contributed by atoms with Crippen LogP contribution in [-0.2, 0) is 10.0 Å². The highest BCUT2D eigenvalue weighted by molar-refractivity contribution is 7.89. The zero-order chi connectivity index (χ0) is 14.3. The maximum atomic E-state index is 11.4. The van der Waals surface area contributed by atoms with Gasteiger partial charge in [-0.3, -0.25) is 0 Å². The fraction of sp³-hybridized carbons (Fsp3) is 0.545. The smallest absolute Gasteiger partial charge is 0.239 e. The number of hydrogen-bond donors (Lipinski definition) is 3. The van der Waals surface area contributed by atoms with Gasteiger partial charge >= 0.3 is 0 Å². The van der Waals surface area contributed by atoms with Crippen molar-refractivity contribution in [2.75, 3.05) is 36.5 Å². The van der Waals surface area contributed by atoms with Crippen LogP contribution in [0.15, 0.2) is 12.1 Å². The van der Waals surface area contributed by atoms with Crippen molar-refractivity contribution in [2.24, 2.45) is 0 Å². The fourth-order valence-electron chi connectivity index (χ4n) is 1.41. The summed E-state index contributed by atoms with van der Waals surface area (Å²) in [6, 6.07) is 3.34. The second-order valence-corrected chi connectivity index (χ2v) is 5.69. The second-order valence-electron chi connectivity index (χ2n) is 3.77. The van der Waals surface area contributed by atoms with Crippen molar-refractivity contribution in [1.29, 1.82) is 0 Å². The zero-order valence-corrected chi connectivity index (χ0v) is 12.0. The van der Waals surface area contributed by atoms with Crippen LogP contribution >= 0.6 is 0 Å². The van der Waals surface area contributed by atoms with Crippen LogP contribution in [0.3, 0.4) is 0 Å². The standard InChI is InChI=1S/C11H20N4O3S/c1-3-14-19(16,17)8-7-13-10-6-5-9(12)11(15-10)18-4-2/h5-6,14H,3-4,7-8,12H2,1-2H3,(H,13,15). The van der Waals surface area contributed by atoms with Crippen LogP contribution in [0.2, 0.25) is 0 Å². The molecule has 0 saturated carbocycles. The Labute approximate surface area is 113 Å². The van der Waals surface area contributed by atoms with E-state index in [9.17, 15) is 8.42 Å². The highest BCUT2D eigenvalue weighted by Gasteiger charge is 2.08. The number of nitrogens with two attached hydrogens (primary N) is 1. The van der Waals surface area contributed by atoms with E-state index in [4.69, 9.17) is 10.5 Å². The topological polar surface area (TPSA) is 106 Å². The van der Waals surface area contributed by atoms with Crippen molar-refractivity contribution < 1.29 is 13.2 Å². The van der Waals surface area contributed by atoms with Crippen molar-refractivity contribution in [3.63, 3.8) is 0 Å². The number of aromatic nitrogens is 1. The molecule has 108 valence electrons. The summed E-state index contributed by atoms with van der Waals surface area (Å²) >= 11 is 0. The summed E-state index contributed by atoms with van der Waals surface area (Å²) in [6.07, 6.45) is 0. The van der Waals surface area contributed by atoms with Crippen LogP contribution in [-0.4, -0.2) is 38.9 Å². The van der Waals surface area contributed by atoms with Crippen LogP contribution in [0.1, 0.15) is 13.8 Å². The molecule has 0 aliphatic carbocycles. The van der Waals surface area contributed by atoms with E-state index in [1.165, 1.54) is 0 Å². The summed E-state index contributed by atoms with van der Waals surface area (Å²) < 4.78 is 30.5. The van der Waals surface area contributed by atoms with Gasteiger partial charge in [0.15, 0.2) is 0 Å². The molecular formula is C11H20N4O3S. The molecule has 7 nitrogen and oxygen atoms in total. The van der Waals surface area contributed by atoms with Gasteiger partial charge in [0.1, 0.15) is 5.82 Å². The summed E-state index contributed by atoms with van der Waals surface area (Å²) in [5.74, 6) is 0.864. The zero-order valence-electron chi connectivity index (χ0n) is 11.1. The number of ether oxygens (including phenoxy) is 1. The van der Waals surface area contributed by atoms with Crippen LogP contribution < -0.4 is 20.5 Å². The van der Waals surface area contributed by atoms with Gasteiger partial charge in [0, 0.05) is 13.1 Å².